The SMILES string of the molecule is C[n+]1cc(-c2ccc(NCC(O/N=C(\C(=O)N[C@@H]3C(=O)N(OS(=O)(=O)[O-])C3(C)C)c3csc(N)n3)C(=O)O)cc2)cn1CCCN. The molecule has 2 amide bonds. The summed E-state index contributed by atoms with van der Waals surface area (Å²) in [5, 5.41) is 20.6. The molecule has 3 heterocycles. The van der Waals surface area contributed by atoms with Gasteiger partial charge in [0, 0.05) is 11.1 Å². The minimum atomic E-state index is -5.26. The zero-order valence-corrected chi connectivity index (χ0v) is 26.6. The highest BCUT2D eigenvalue weighted by Gasteiger charge is 2.57. The molecule has 0 spiro atoms. The van der Waals surface area contributed by atoms with Crippen molar-refractivity contribution in [2.45, 2.75) is 44.5 Å². The standard InChI is InChI=1S/C26H33N9O9S2/c1-26(2)21(23(37)35(26)44-46(40,41)42)31-22(36)20(18-14-45-25(28)30-18)32-43-19(24(38)39)11-29-17-7-5-15(6-8-17)16-12-33(3)34(13-16)10-4-9-27/h5-8,12-14,19,21,29H,4,9-11,27H2,1-3H3,(H4-,28,30,31,36,38,39,40,41,42)/b32-20-/t19?,21-/m1/s1. The van der Waals surface area contributed by atoms with Crippen molar-refractivity contribution in [2.24, 2.45) is 17.9 Å². The number of aliphatic carboxylic acids is 1. The van der Waals surface area contributed by atoms with Crippen LogP contribution in [0, 0.1) is 0 Å². The zero-order valence-electron chi connectivity index (χ0n) is 24.9. The number of carbonyl (C=O) groups excluding carboxylic acids is 2. The Kier molecular flexibility index (Phi) is 10.3. The van der Waals surface area contributed by atoms with Crippen molar-refractivity contribution >= 4 is 56.1 Å². The number of amides is 2. The van der Waals surface area contributed by atoms with Crippen LogP contribution in [0.3, 0.4) is 0 Å². The lowest BCUT2D eigenvalue weighted by molar-refractivity contribution is -0.753. The second-order valence-electron chi connectivity index (χ2n) is 10.7. The molecule has 4 rings (SSSR count). The maximum atomic E-state index is 13.2. The van der Waals surface area contributed by atoms with E-state index < -0.39 is 51.6 Å². The molecule has 7 N–H and O–H groups in total. The van der Waals surface area contributed by atoms with Crippen LogP contribution in [0.4, 0.5) is 10.8 Å². The Balaban J connectivity index is 1.44. The molecular formula is C26H33N9O9S2. The van der Waals surface area contributed by atoms with E-state index in [1.165, 1.54) is 19.2 Å². The minimum Gasteiger partial charge on any atom is -0.724 e. The third-order valence-corrected chi connectivity index (χ3v) is 7.97. The molecule has 0 radical (unpaired) electrons. The number of carboxylic acids is 1. The van der Waals surface area contributed by atoms with Crippen LogP contribution in [0.25, 0.3) is 11.1 Å². The summed E-state index contributed by atoms with van der Waals surface area (Å²) in [6.07, 6.45) is 3.27. The number of aryl methyl sites for hydroxylation is 2. The number of anilines is 2. The van der Waals surface area contributed by atoms with Gasteiger partial charge < -0.3 is 36.6 Å². The summed E-state index contributed by atoms with van der Waals surface area (Å²) in [5.41, 5.74) is 11.8. The maximum Gasteiger partial charge on any atom is 0.349 e. The van der Waals surface area contributed by atoms with Gasteiger partial charge in [0.2, 0.25) is 22.7 Å². The number of nitrogens with one attached hydrogen (secondary N) is 2. The Morgan fingerprint density at radius 2 is 1.98 bits per heavy atom. The van der Waals surface area contributed by atoms with E-state index in [1.54, 1.807) is 12.1 Å². The largest absolute Gasteiger partial charge is 0.724 e. The van der Waals surface area contributed by atoms with Crippen LogP contribution >= 0.6 is 11.3 Å². The van der Waals surface area contributed by atoms with E-state index in [1.807, 2.05) is 40.9 Å². The molecule has 248 valence electrons. The van der Waals surface area contributed by atoms with Gasteiger partial charge >= 0.3 is 5.97 Å². The molecule has 0 bridgehead atoms. The number of nitrogens with two attached hydrogens (primary N) is 2. The third-order valence-electron chi connectivity index (χ3n) is 6.96. The third kappa shape index (κ3) is 7.95. The van der Waals surface area contributed by atoms with Crippen molar-refractivity contribution in [3.05, 3.63) is 47.7 Å². The Morgan fingerprint density at radius 3 is 2.54 bits per heavy atom. The smallest absolute Gasteiger partial charge is 0.349 e. The molecule has 0 saturated carbocycles. The van der Waals surface area contributed by atoms with E-state index in [2.05, 4.69) is 25.1 Å². The lowest BCUT2D eigenvalue weighted by atomic mass is 9.84. The fourth-order valence-electron chi connectivity index (χ4n) is 4.48. The summed E-state index contributed by atoms with van der Waals surface area (Å²) in [6.45, 7) is 3.81. The monoisotopic (exact) mass is 679 g/mol. The molecule has 1 fully saturated rings. The number of hydroxylamine groups is 2. The Bertz CT molecular complexity index is 1740. The van der Waals surface area contributed by atoms with Crippen molar-refractivity contribution in [1.82, 2.24) is 20.0 Å². The number of hydrogen-bond donors (Lipinski definition) is 5. The van der Waals surface area contributed by atoms with Gasteiger partial charge in [-0.2, -0.15) is 14.0 Å². The molecule has 1 saturated heterocycles. The summed E-state index contributed by atoms with van der Waals surface area (Å²) >= 11 is 0.966. The molecule has 18 nitrogen and oxygen atoms in total. The van der Waals surface area contributed by atoms with Crippen molar-refractivity contribution in [3.8, 4) is 11.1 Å². The number of nitrogens with zero attached hydrogens (tertiary/aromatic N) is 5. The Hall–Kier alpha value is -4.63. The highest BCUT2D eigenvalue weighted by Crippen LogP contribution is 2.33. The molecule has 1 aromatic carbocycles. The van der Waals surface area contributed by atoms with Gasteiger partial charge in [-0.25, -0.2) is 18.2 Å². The molecule has 2 atom stereocenters. The molecule has 3 aromatic rings. The van der Waals surface area contributed by atoms with E-state index in [0.717, 1.165) is 35.4 Å². The first-order valence-corrected chi connectivity index (χ1v) is 15.9. The fraction of sp³-hybridized carbons (Fsp3) is 0.385. The molecule has 1 unspecified atom stereocenters. The maximum absolute atomic E-state index is 13.2. The van der Waals surface area contributed by atoms with Crippen LogP contribution in [0.1, 0.15) is 26.0 Å². The topological polar surface area (TPSA) is 260 Å². The molecule has 46 heavy (non-hydrogen) atoms. The van der Waals surface area contributed by atoms with Crippen molar-refractivity contribution in [3.63, 3.8) is 0 Å². The Labute approximate surface area is 267 Å². The van der Waals surface area contributed by atoms with E-state index in [0.29, 0.717) is 17.3 Å². The first-order valence-electron chi connectivity index (χ1n) is 13.7. The predicted octanol–water partition coefficient (Wildman–Crippen LogP) is -0.849. The Morgan fingerprint density at radius 1 is 1.28 bits per heavy atom. The number of β-lactam (4-membered cyclic amide) rings is 1. The second-order valence-corrected chi connectivity index (χ2v) is 12.5. The van der Waals surface area contributed by atoms with Gasteiger partial charge in [-0.3, -0.25) is 9.59 Å². The summed E-state index contributed by atoms with van der Waals surface area (Å²) < 4.78 is 41.1. The number of carboxylic acid groups (broad SMARTS) is 1. The predicted molar refractivity (Wildman–Crippen MR) is 162 cm³/mol. The molecule has 0 aliphatic carbocycles. The number of hydrogen-bond acceptors (Lipinski definition) is 14. The van der Waals surface area contributed by atoms with Crippen molar-refractivity contribution in [2.75, 3.05) is 24.1 Å². The van der Waals surface area contributed by atoms with Crippen LogP contribution in [0.2, 0.25) is 0 Å². The first-order chi connectivity index (χ1) is 21.6. The molecular weight excluding hydrogens is 646 g/mol. The average molecular weight is 680 g/mol. The van der Waals surface area contributed by atoms with Gasteiger partial charge in [-0.1, -0.05) is 17.3 Å². The van der Waals surface area contributed by atoms with E-state index in [4.69, 9.17) is 16.3 Å². The molecule has 1 aliphatic heterocycles. The van der Waals surface area contributed by atoms with Crippen molar-refractivity contribution < 1.29 is 46.3 Å². The number of aromatic nitrogens is 3. The van der Waals surface area contributed by atoms with E-state index in [9.17, 15) is 32.5 Å². The number of oxime groups is 1. The van der Waals surface area contributed by atoms with Crippen molar-refractivity contribution in [1.29, 1.82) is 0 Å². The number of thiazole rings is 1. The van der Waals surface area contributed by atoms with Gasteiger partial charge in [-0.15, -0.1) is 16.0 Å². The highest BCUT2D eigenvalue weighted by molar-refractivity contribution is 7.80. The summed E-state index contributed by atoms with van der Waals surface area (Å²) in [4.78, 5) is 46.9. The van der Waals surface area contributed by atoms with Gasteiger partial charge in [-0.05, 0) is 44.5 Å². The van der Waals surface area contributed by atoms with Crippen LogP contribution in [-0.4, -0.2) is 87.1 Å². The van der Waals surface area contributed by atoms with E-state index >= 15 is 0 Å². The molecule has 2 aromatic heterocycles. The molecule has 1 aliphatic rings. The summed E-state index contributed by atoms with van der Waals surface area (Å²) in [7, 11) is -3.32. The average Bonchev–Trinajstić information content (AvgIpc) is 3.59. The molecule has 20 heteroatoms. The number of benzene rings is 1. The fourth-order valence-corrected chi connectivity index (χ4v) is 5.48. The highest BCUT2D eigenvalue weighted by atomic mass is 32.3. The quantitative estimate of drug-likeness (QED) is 0.0328. The first kappa shape index (κ1) is 34.2. The number of carbonyl (C=O) groups is 3. The lowest BCUT2D eigenvalue weighted by Gasteiger charge is -2.51. The summed E-state index contributed by atoms with van der Waals surface area (Å²) in [5.74, 6) is -3.43. The second kappa shape index (κ2) is 13.8. The van der Waals surface area contributed by atoms with E-state index in [-0.39, 0.29) is 17.4 Å². The van der Waals surface area contributed by atoms with Crippen LogP contribution in [0.15, 0.2) is 47.2 Å². The normalized spacial score (nSPS) is 16.9. The van der Waals surface area contributed by atoms with Crippen LogP contribution in [0.5, 0.6) is 0 Å². The zero-order chi connectivity index (χ0) is 33.8. The van der Waals surface area contributed by atoms with Gasteiger partial charge in [0.15, 0.2) is 17.9 Å². The van der Waals surface area contributed by atoms with Gasteiger partial charge in [0.1, 0.15) is 11.7 Å². The van der Waals surface area contributed by atoms with Gasteiger partial charge in [0.25, 0.3) is 11.8 Å². The van der Waals surface area contributed by atoms with Crippen LogP contribution < -0.4 is 26.8 Å². The minimum absolute atomic E-state index is 0.0663. The lowest BCUT2D eigenvalue weighted by Crippen LogP contribution is -2.76. The summed E-state index contributed by atoms with van der Waals surface area (Å²) in [6, 6.07) is 5.95. The van der Waals surface area contributed by atoms with Crippen LogP contribution in [-0.2, 0) is 47.5 Å². The number of rotatable bonds is 15. The van der Waals surface area contributed by atoms with Gasteiger partial charge in [0.05, 0.1) is 30.4 Å². The number of nitrogen functional groups attached to an aromatic ring is 1.